The highest BCUT2D eigenvalue weighted by Crippen LogP contribution is 2.32. The predicted octanol–water partition coefficient (Wildman–Crippen LogP) is 4.88. The summed E-state index contributed by atoms with van der Waals surface area (Å²) >= 11 is 1.35. The van der Waals surface area contributed by atoms with Crippen molar-refractivity contribution in [3.05, 3.63) is 76.5 Å². The molecular formula is C24H27NO5S2. The molecular weight excluding hydrogens is 446 g/mol. The zero-order valence-corrected chi connectivity index (χ0v) is 19.7. The molecule has 0 aliphatic carbocycles. The predicted molar refractivity (Wildman–Crippen MR) is 126 cm³/mol. The number of hydrogen-bond acceptors (Lipinski definition) is 6. The Hall–Kier alpha value is -2.84. The fraction of sp³-hybridized carbons (Fsp3) is 0.292. The van der Waals surface area contributed by atoms with E-state index in [1.807, 2.05) is 5.38 Å². The first-order valence-corrected chi connectivity index (χ1v) is 12.8. The number of hydrogen-bond donors (Lipinski definition) is 1. The van der Waals surface area contributed by atoms with Gasteiger partial charge in [-0.15, -0.1) is 11.3 Å². The molecule has 0 unspecified atom stereocenters. The maximum Gasteiger partial charge on any atom is 0.251 e. The van der Waals surface area contributed by atoms with Crippen molar-refractivity contribution < 1.29 is 22.7 Å². The molecule has 1 atom stereocenters. The summed E-state index contributed by atoms with van der Waals surface area (Å²) in [5.41, 5.74) is 0.444. The average molecular weight is 474 g/mol. The zero-order chi connectivity index (χ0) is 23.0. The van der Waals surface area contributed by atoms with Crippen LogP contribution in [-0.2, 0) is 9.84 Å². The van der Waals surface area contributed by atoms with Gasteiger partial charge in [-0.05, 0) is 66.4 Å². The summed E-state index contributed by atoms with van der Waals surface area (Å²) in [6, 6.07) is 16.7. The minimum Gasteiger partial charge on any atom is -0.497 e. The van der Waals surface area contributed by atoms with Crippen molar-refractivity contribution in [2.75, 3.05) is 20.3 Å². The quantitative estimate of drug-likeness (QED) is 0.402. The van der Waals surface area contributed by atoms with Gasteiger partial charge in [0, 0.05) is 17.0 Å². The lowest BCUT2D eigenvalue weighted by atomic mass is 10.2. The van der Waals surface area contributed by atoms with Crippen LogP contribution in [-0.4, -0.2) is 34.6 Å². The van der Waals surface area contributed by atoms with Gasteiger partial charge >= 0.3 is 0 Å². The van der Waals surface area contributed by atoms with E-state index < -0.39 is 15.1 Å². The van der Waals surface area contributed by atoms with E-state index in [2.05, 4.69) is 12.2 Å². The van der Waals surface area contributed by atoms with Crippen molar-refractivity contribution in [2.45, 2.75) is 29.9 Å². The molecule has 1 amide bonds. The van der Waals surface area contributed by atoms with Crippen LogP contribution in [0.25, 0.3) is 0 Å². The molecule has 1 heterocycles. The molecule has 0 bridgehead atoms. The van der Waals surface area contributed by atoms with E-state index in [0.717, 1.165) is 12.8 Å². The number of carbonyl (C=O) groups excluding carboxylic acids is 1. The molecule has 0 fully saturated rings. The number of nitrogens with one attached hydrogen (secondary N) is 1. The molecule has 0 radical (unpaired) electrons. The van der Waals surface area contributed by atoms with Gasteiger partial charge in [0.2, 0.25) is 0 Å². The summed E-state index contributed by atoms with van der Waals surface area (Å²) in [4.78, 5) is 13.5. The van der Waals surface area contributed by atoms with Gasteiger partial charge in [-0.3, -0.25) is 4.79 Å². The molecule has 0 spiro atoms. The van der Waals surface area contributed by atoms with Crippen molar-refractivity contribution in [2.24, 2.45) is 0 Å². The fourth-order valence-electron chi connectivity index (χ4n) is 3.09. The number of thiophene rings is 1. The van der Waals surface area contributed by atoms with Crippen molar-refractivity contribution in [3.8, 4) is 11.5 Å². The van der Waals surface area contributed by atoms with E-state index in [1.54, 1.807) is 48.5 Å². The first-order chi connectivity index (χ1) is 15.5. The number of carbonyl (C=O) groups is 1. The third-order valence-corrected chi connectivity index (χ3v) is 8.19. The second kappa shape index (κ2) is 11.2. The number of benzene rings is 2. The van der Waals surface area contributed by atoms with Crippen LogP contribution in [0.15, 0.2) is 70.9 Å². The summed E-state index contributed by atoms with van der Waals surface area (Å²) in [7, 11) is -2.20. The first kappa shape index (κ1) is 23.8. The molecule has 6 nitrogen and oxygen atoms in total. The van der Waals surface area contributed by atoms with Crippen LogP contribution in [0.4, 0.5) is 0 Å². The lowest BCUT2D eigenvalue weighted by molar-refractivity contribution is 0.0953. The average Bonchev–Trinajstić information content (AvgIpc) is 3.34. The molecule has 3 rings (SSSR count). The van der Waals surface area contributed by atoms with Gasteiger partial charge in [0.15, 0.2) is 9.84 Å². The van der Waals surface area contributed by atoms with Gasteiger partial charge in [0.1, 0.15) is 16.7 Å². The Bertz CT molecular complexity index is 1090. The van der Waals surface area contributed by atoms with Crippen LogP contribution in [0.5, 0.6) is 11.5 Å². The van der Waals surface area contributed by atoms with Crippen LogP contribution in [0.2, 0.25) is 0 Å². The monoisotopic (exact) mass is 473 g/mol. The van der Waals surface area contributed by atoms with E-state index in [9.17, 15) is 13.2 Å². The summed E-state index contributed by atoms with van der Waals surface area (Å²) in [6.07, 6.45) is 2.01. The number of unbranched alkanes of at least 4 members (excludes halogenated alkanes) is 1. The van der Waals surface area contributed by atoms with Gasteiger partial charge < -0.3 is 14.8 Å². The van der Waals surface area contributed by atoms with E-state index >= 15 is 0 Å². The molecule has 170 valence electrons. The van der Waals surface area contributed by atoms with Crippen molar-refractivity contribution in [3.63, 3.8) is 0 Å². The van der Waals surface area contributed by atoms with Gasteiger partial charge in [-0.25, -0.2) is 8.42 Å². The number of sulfone groups is 1. The van der Waals surface area contributed by atoms with Crippen molar-refractivity contribution >= 4 is 27.1 Å². The Morgan fingerprint density at radius 3 is 2.31 bits per heavy atom. The molecule has 0 aliphatic heterocycles. The van der Waals surface area contributed by atoms with Gasteiger partial charge in [0.05, 0.1) is 18.6 Å². The highest BCUT2D eigenvalue weighted by molar-refractivity contribution is 7.91. The molecule has 0 saturated heterocycles. The molecule has 32 heavy (non-hydrogen) atoms. The normalized spacial score (nSPS) is 12.2. The van der Waals surface area contributed by atoms with Crippen LogP contribution >= 0.6 is 11.3 Å². The van der Waals surface area contributed by atoms with Gasteiger partial charge in [0.25, 0.3) is 5.91 Å². The molecule has 0 saturated carbocycles. The lowest BCUT2D eigenvalue weighted by Crippen LogP contribution is -2.31. The van der Waals surface area contributed by atoms with Crippen LogP contribution in [0.1, 0.15) is 40.3 Å². The van der Waals surface area contributed by atoms with Crippen molar-refractivity contribution in [1.29, 1.82) is 0 Å². The molecule has 2 aromatic carbocycles. The van der Waals surface area contributed by atoms with Gasteiger partial charge in [-0.1, -0.05) is 19.4 Å². The van der Waals surface area contributed by atoms with E-state index in [1.165, 1.54) is 30.6 Å². The third-order valence-electron chi connectivity index (χ3n) is 4.95. The van der Waals surface area contributed by atoms with Gasteiger partial charge in [-0.2, -0.15) is 0 Å². The summed E-state index contributed by atoms with van der Waals surface area (Å²) in [5.74, 6) is 0.942. The number of ether oxygens (including phenoxy) is 2. The summed E-state index contributed by atoms with van der Waals surface area (Å²) in [5, 5.41) is 3.71. The zero-order valence-electron chi connectivity index (χ0n) is 18.1. The third kappa shape index (κ3) is 5.89. The summed E-state index contributed by atoms with van der Waals surface area (Å²) in [6.45, 7) is 2.69. The van der Waals surface area contributed by atoms with Crippen LogP contribution < -0.4 is 14.8 Å². The van der Waals surface area contributed by atoms with Crippen molar-refractivity contribution in [1.82, 2.24) is 5.32 Å². The Morgan fingerprint density at radius 2 is 1.72 bits per heavy atom. The Morgan fingerprint density at radius 1 is 1.03 bits per heavy atom. The van der Waals surface area contributed by atoms with Crippen LogP contribution in [0, 0.1) is 0 Å². The number of methoxy groups -OCH3 is 1. The fourth-order valence-corrected chi connectivity index (χ4v) is 5.88. The second-order valence-electron chi connectivity index (χ2n) is 7.16. The van der Waals surface area contributed by atoms with E-state index in [-0.39, 0.29) is 17.3 Å². The number of rotatable bonds is 11. The Balaban J connectivity index is 1.73. The standard InChI is InChI=1S/C24H27NO5S2/c1-3-4-15-30-20-9-7-18(8-10-20)24(26)25-17-23(22-6-5-16-31-22)32(27,28)21-13-11-19(29-2)12-14-21/h5-14,16,23H,3-4,15,17H2,1-2H3,(H,25,26)/t23-/m0/s1. The largest absolute Gasteiger partial charge is 0.497 e. The molecule has 0 aliphatic rings. The minimum absolute atomic E-state index is 0.0392. The van der Waals surface area contributed by atoms with Crippen LogP contribution in [0.3, 0.4) is 0 Å². The lowest BCUT2D eigenvalue weighted by Gasteiger charge is -2.18. The Kier molecular flexibility index (Phi) is 8.30. The maximum absolute atomic E-state index is 13.3. The maximum atomic E-state index is 13.3. The van der Waals surface area contributed by atoms with E-state index in [4.69, 9.17) is 9.47 Å². The topological polar surface area (TPSA) is 81.7 Å². The first-order valence-electron chi connectivity index (χ1n) is 10.4. The van der Waals surface area contributed by atoms with E-state index in [0.29, 0.717) is 28.5 Å². The molecule has 3 aromatic rings. The highest BCUT2D eigenvalue weighted by atomic mass is 32.2. The summed E-state index contributed by atoms with van der Waals surface area (Å²) < 4.78 is 37.4. The number of amides is 1. The second-order valence-corrected chi connectivity index (χ2v) is 10.3. The molecule has 1 N–H and O–H groups in total. The molecule has 8 heteroatoms. The highest BCUT2D eigenvalue weighted by Gasteiger charge is 2.30. The SMILES string of the molecule is CCCCOc1ccc(C(=O)NC[C@@H](c2cccs2)S(=O)(=O)c2ccc(OC)cc2)cc1. The molecule has 1 aromatic heterocycles. The minimum atomic E-state index is -3.73. The smallest absolute Gasteiger partial charge is 0.251 e. The Labute approximate surface area is 193 Å².